The molecule has 0 radical (unpaired) electrons. The first-order chi connectivity index (χ1) is 14.1. The minimum Gasteiger partial charge on any atom is -0.494 e. The fourth-order valence-electron chi connectivity index (χ4n) is 2.86. The molecular formula is C24H24N2O3. The fraction of sp³-hybridized carbons (Fsp3) is 0.167. The molecule has 0 atom stereocenters. The SMILES string of the molecule is CCOc1cccc(C(=O)Nc2ccc(NC(=O)CCc3ccccc3)cc2)c1. The van der Waals surface area contributed by atoms with E-state index >= 15 is 0 Å². The van der Waals surface area contributed by atoms with Crippen LogP contribution in [-0.4, -0.2) is 18.4 Å². The summed E-state index contributed by atoms with van der Waals surface area (Å²) in [4.78, 5) is 24.5. The minimum atomic E-state index is -0.216. The monoisotopic (exact) mass is 388 g/mol. The fourth-order valence-corrected chi connectivity index (χ4v) is 2.86. The average molecular weight is 388 g/mol. The largest absolute Gasteiger partial charge is 0.494 e. The summed E-state index contributed by atoms with van der Waals surface area (Å²) in [6.07, 6.45) is 1.11. The van der Waals surface area contributed by atoms with Crippen molar-refractivity contribution in [1.29, 1.82) is 0 Å². The predicted octanol–water partition coefficient (Wildman–Crippen LogP) is 4.91. The molecule has 148 valence electrons. The lowest BCUT2D eigenvalue weighted by atomic mass is 10.1. The molecule has 0 saturated carbocycles. The summed E-state index contributed by atoms with van der Waals surface area (Å²) in [7, 11) is 0. The second kappa shape index (κ2) is 10.1. The molecule has 5 nitrogen and oxygen atoms in total. The van der Waals surface area contributed by atoms with Gasteiger partial charge in [-0.15, -0.1) is 0 Å². The van der Waals surface area contributed by atoms with E-state index in [1.165, 1.54) is 0 Å². The molecule has 0 spiro atoms. The van der Waals surface area contributed by atoms with Crippen LogP contribution in [0.2, 0.25) is 0 Å². The Morgan fingerprint density at radius 1 is 0.828 bits per heavy atom. The van der Waals surface area contributed by atoms with Gasteiger partial charge in [-0.25, -0.2) is 0 Å². The van der Waals surface area contributed by atoms with Crippen LogP contribution in [0.25, 0.3) is 0 Å². The lowest BCUT2D eigenvalue weighted by molar-refractivity contribution is -0.116. The van der Waals surface area contributed by atoms with Crippen molar-refractivity contribution in [2.24, 2.45) is 0 Å². The zero-order valence-electron chi connectivity index (χ0n) is 16.4. The molecule has 29 heavy (non-hydrogen) atoms. The molecule has 5 heteroatoms. The van der Waals surface area contributed by atoms with Gasteiger partial charge in [0.15, 0.2) is 0 Å². The van der Waals surface area contributed by atoms with Crippen LogP contribution in [0.5, 0.6) is 5.75 Å². The highest BCUT2D eigenvalue weighted by atomic mass is 16.5. The van der Waals surface area contributed by atoms with Gasteiger partial charge >= 0.3 is 0 Å². The highest BCUT2D eigenvalue weighted by Crippen LogP contribution is 2.17. The van der Waals surface area contributed by atoms with Crippen molar-refractivity contribution >= 4 is 23.2 Å². The van der Waals surface area contributed by atoms with E-state index in [-0.39, 0.29) is 11.8 Å². The molecule has 0 unspecified atom stereocenters. The number of amides is 2. The number of rotatable bonds is 8. The molecule has 2 N–H and O–H groups in total. The number of carbonyl (C=O) groups is 2. The summed E-state index contributed by atoms with van der Waals surface area (Å²) < 4.78 is 5.43. The molecule has 0 bridgehead atoms. The maximum atomic E-state index is 12.4. The summed E-state index contributed by atoms with van der Waals surface area (Å²) in [5.74, 6) is 0.401. The Labute approximate surface area is 170 Å². The molecule has 0 heterocycles. The number of nitrogens with one attached hydrogen (secondary N) is 2. The Kier molecular flexibility index (Phi) is 7.00. The van der Waals surface area contributed by atoms with Gasteiger partial charge in [-0.3, -0.25) is 9.59 Å². The van der Waals surface area contributed by atoms with Crippen LogP contribution >= 0.6 is 0 Å². The number of aryl methyl sites for hydroxylation is 1. The van der Waals surface area contributed by atoms with E-state index in [2.05, 4.69) is 10.6 Å². The third kappa shape index (κ3) is 6.21. The second-order valence-corrected chi connectivity index (χ2v) is 6.53. The number of benzene rings is 3. The van der Waals surface area contributed by atoms with Gasteiger partial charge in [-0.05, 0) is 61.4 Å². The van der Waals surface area contributed by atoms with Crippen LogP contribution in [0.15, 0.2) is 78.9 Å². The molecule has 3 aromatic carbocycles. The van der Waals surface area contributed by atoms with Gasteiger partial charge in [0.1, 0.15) is 5.75 Å². The maximum absolute atomic E-state index is 12.4. The zero-order valence-corrected chi connectivity index (χ0v) is 16.4. The summed E-state index contributed by atoms with van der Waals surface area (Å²) in [6, 6.07) is 24.0. The second-order valence-electron chi connectivity index (χ2n) is 6.53. The van der Waals surface area contributed by atoms with Crippen LogP contribution in [0, 0.1) is 0 Å². The van der Waals surface area contributed by atoms with Crippen LogP contribution < -0.4 is 15.4 Å². The molecule has 0 saturated heterocycles. The summed E-state index contributed by atoms with van der Waals surface area (Å²) in [5.41, 5.74) is 3.00. The van der Waals surface area contributed by atoms with Gasteiger partial charge in [-0.2, -0.15) is 0 Å². The molecule has 0 aliphatic carbocycles. The summed E-state index contributed by atoms with van der Waals surface area (Å²) in [6.45, 7) is 2.44. The van der Waals surface area contributed by atoms with E-state index in [9.17, 15) is 9.59 Å². The molecule has 0 aromatic heterocycles. The van der Waals surface area contributed by atoms with Crippen LogP contribution in [-0.2, 0) is 11.2 Å². The molecule has 0 aliphatic heterocycles. The first-order valence-corrected chi connectivity index (χ1v) is 9.62. The van der Waals surface area contributed by atoms with Gasteiger partial charge in [0.05, 0.1) is 6.61 Å². The third-order valence-electron chi connectivity index (χ3n) is 4.32. The lowest BCUT2D eigenvalue weighted by Crippen LogP contribution is -2.13. The van der Waals surface area contributed by atoms with E-state index in [1.54, 1.807) is 42.5 Å². The first-order valence-electron chi connectivity index (χ1n) is 9.62. The molecule has 2 amide bonds. The number of hydrogen-bond donors (Lipinski definition) is 2. The Morgan fingerprint density at radius 2 is 1.52 bits per heavy atom. The normalized spacial score (nSPS) is 10.2. The van der Waals surface area contributed by atoms with Gasteiger partial charge in [0.25, 0.3) is 5.91 Å². The highest BCUT2D eigenvalue weighted by molar-refractivity contribution is 6.04. The van der Waals surface area contributed by atoms with Gasteiger partial charge < -0.3 is 15.4 Å². The van der Waals surface area contributed by atoms with Crippen LogP contribution in [0.1, 0.15) is 29.3 Å². The quantitative estimate of drug-likeness (QED) is 0.576. The van der Waals surface area contributed by atoms with Gasteiger partial charge in [-0.1, -0.05) is 36.4 Å². The highest BCUT2D eigenvalue weighted by Gasteiger charge is 2.08. The van der Waals surface area contributed by atoms with Crippen molar-refractivity contribution in [1.82, 2.24) is 0 Å². The van der Waals surface area contributed by atoms with E-state index in [4.69, 9.17) is 4.74 Å². The summed E-state index contributed by atoms with van der Waals surface area (Å²) >= 11 is 0. The number of ether oxygens (including phenoxy) is 1. The predicted molar refractivity (Wildman–Crippen MR) is 115 cm³/mol. The Balaban J connectivity index is 1.52. The maximum Gasteiger partial charge on any atom is 0.255 e. The Hall–Kier alpha value is -3.60. The zero-order chi connectivity index (χ0) is 20.5. The lowest BCUT2D eigenvalue weighted by Gasteiger charge is -2.09. The number of anilines is 2. The molecule has 3 aromatic rings. The minimum absolute atomic E-state index is 0.0432. The molecule has 0 aliphatic rings. The van der Waals surface area contributed by atoms with Crippen molar-refractivity contribution in [3.05, 3.63) is 90.0 Å². The Bertz CT molecular complexity index is 953. The van der Waals surface area contributed by atoms with Crippen molar-refractivity contribution in [2.45, 2.75) is 19.8 Å². The Morgan fingerprint density at radius 3 is 2.21 bits per heavy atom. The molecule has 0 fully saturated rings. The van der Waals surface area contributed by atoms with Gasteiger partial charge in [0, 0.05) is 23.4 Å². The van der Waals surface area contributed by atoms with Gasteiger partial charge in [0.2, 0.25) is 5.91 Å². The van der Waals surface area contributed by atoms with Crippen molar-refractivity contribution < 1.29 is 14.3 Å². The summed E-state index contributed by atoms with van der Waals surface area (Å²) in [5, 5.41) is 5.73. The average Bonchev–Trinajstić information content (AvgIpc) is 2.75. The topological polar surface area (TPSA) is 67.4 Å². The van der Waals surface area contributed by atoms with Crippen molar-refractivity contribution in [3.63, 3.8) is 0 Å². The first kappa shape index (κ1) is 20.1. The standard InChI is InChI=1S/C24H24N2O3/c1-2-29-22-10-6-9-19(17-22)24(28)26-21-14-12-20(13-15-21)25-23(27)16-11-18-7-4-3-5-8-18/h3-10,12-15,17H,2,11,16H2,1H3,(H,25,27)(H,26,28). The van der Waals surface area contributed by atoms with E-state index in [1.807, 2.05) is 43.3 Å². The number of hydrogen-bond acceptors (Lipinski definition) is 3. The van der Waals surface area contributed by atoms with E-state index in [0.717, 1.165) is 5.56 Å². The van der Waals surface area contributed by atoms with Crippen LogP contribution in [0.3, 0.4) is 0 Å². The molecular weight excluding hydrogens is 364 g/mol. The third-order valence-corrected chi connectivity index (χ3v) is 4.32. The molecule has 3 rings (SSSR count). The van der Waals surface area contributed by atoms with Crippen LogP contribution in [0.4, 0.5) is 11.4 Å². The number of carbonyl (C=O) groups excluding carboxylic acids is 2. The van der Waals surface area contributed by atoms with Crippen molar-refractivity contribution in [3.8, 4) is 5.75 Å². The van der Waals surface area contributed by atoms with Crippen molar-refractivity contribution in [2.75, 3.05) is 17.2 Å². The van der Waals surface area contributed by atoms with E-state index < -0.39 is 0 Å². The van der Waals surface area contributed by atoms with E-state index in [0.29, 0.717) is 42.1 Å². The smallest absolute Gasteiger partial charge is 0.255 e.